The second-order valence-corrected chi connectivity index (χ2v) is 4.18. The smallest absolute Gasteiger partial charge is 0.217 e. The molecule has 0 atom stereocenters. The lowest BCUT2D eigenvalue weighted by Crippen LogP contribution is -2.10. The third-order valence-corrected chi connectivity index (χ3v) is 2.79. The van der Waals surface area contributed by atoms with Gasteiger partial charge in [0.05, 0.1) is 0 Å². The molecule has 0 aliphatic rings. The molecule has 0 bridgehead atoms. The Morgan fingerprint density at radius 3 is 3.00 bits per heavy atom. The van der Waals surface area contributed by atoms with Gasteiger partial charge in [-0.1, -0.05) is 11.6 Å². The van der Waals surface area contributed by atoms with Gasteiger partial charge >= 0.3 is 0 Å². The van der Waals surface area contributed by atoms with Crippen molar-refractivity contribution in [1.82, 2.24) is 4.98 Å². The topological polar surface area (TPSA) is 58.9 Å². The van der Waals surface area contributed by atoms with Gasteiger partial charge in [0.1, 0.15) is 0 Å². The summed E-state index contributed by atoms with van der Waals surface area (Å²) in [5, 5.41) is 1.25. The van der Waals surface area contributed by atoms with Crippen molar-refractivity contribution in [2.75, 3.05) is 0 Å². The number of H-pyrrole nitrogens is 1. The number of aryl methyl sites for hydroxylation is 2. The Morgan fingerprint density at radius 1 is 1.44 bits per heavy atom. The number of nitrogens with two attached hydrogens (primary N) is 1. The fourth-order valence-corrected chi connectivity index (χ4v) is 1.95. The van der Waals surface area contributed by atoms with Gasteiger partial charge in [0.25, 0.3) is 0 Å². The Balaban J connectivity index is 2.17. The number of primary amides is 1. The van der Waals surface area contributed by atoms with Crippen LogP contribution in [0.3, 0.4) is 0 Å². The van der Waals surface area contributed by atoms with E-state index in [1.54, 1.807) is 0 Å². The van der Waals surface area contributed by atoms with Crippen molar-refractivity contribution in [1.29, 1.82) is 0 Å². The summed E-state index contributed by atoms with van der Waals surface area (Å²) in [6, 6.07) is 6.35. The number of hydrogen-bond donors (Lipinski definition) is 2. The van der Waals surface area contributed by atoms with Gasteiger partial charge in [-0.3, -0.25) is 4.79 Å². The van der Waals surface area contributed by atoms with Gasteiger partial charge in [-0.25, -0.2) is 0 Å². The van der Waals surface area contributed by atoms with Crippen LogP contribution in [-0.4, -0.2) is 10.9 Å². The van der Waals surface area contributed by atoms with E-state index in [9.17, 15) is 4.79 Å². The van der Waals surface area contributed by atoms with Gasteiger partial charge in [-0.05, 0) is 37.5 Å². The maximum Gasteiger partial charge on any atom is 0.217 e. The minimum Gasteiger partial charge on any atom is -0.370 e. The lowest BCUT2D eigenvalue weighted by Gasteiger charge is -1.99. The number of carbonyl (C=O) groups is 1. The minimum atomic E-state index is -0.226. The molecule has 3 nitrogen and oxygen atoms in total. The number of fused-ring (bicyclic) bond motifs is 1. The number of aromatic nitrogens is 1. The molecule has 0 aliphatic carbocycles. The van der Waals surface area contributed by atoms with E-state index in [0.29, 0.717) is 6.42 Å². The molecule has 0 fully saturated rings. The first kappa shape index (κ1) is 10.7. The average Bonchev–Trinajstić information content (AvgIpc) is 2.60. The van der Waals surface area contributed by atoms with E-state index in [1.807, 2.05) is 6.20 Å². The molecular formula is C13H16N2O. The molecule has 1 heterocycles. The lowest BCUT2D eigenvalue weighted by molar-refractivity contribution is -0.118. The predicted octanol–water partition coefficient (Wildman–Crippen LogP) is 2.28. The van der Waals surface area contributed by atoms with Crippen LogP contribution < -0.4 is 5.73 Å². The molecule has 3 N–H and O–H groups in total. The molecular weight excluding hydrogens is 200 g/mol. The Bertz CT molecular complexity index is 514. The van der Waals surface area contributed by atoms with Crippen LogP contribution in [0, 0.1) is 6.92 Å². The van der Waals surface area contributed by atoms with Crippen LogP contribution in [0.25, 0.3) is 10.9 Å². The SMILES string of the molecule is Cc1ccc2[nH]cc(CCCC(N)=O)c2c1. The number of carbonyl (C=O) groups excluding carboxylic acids is 1. The summed E-state index contributed by atoms with van der Waals surface area (Å²) in [5.41, 5.74) is 8.79. The van der Waals surface area contributed by atoms with Crippen LogP contribution in [-0.2, 0) is 11.2 Å². The van der Waals surface area contributed by atoms with E-state index in [1.165, 1.54) is 16.5 Å². The molecule has 3 heteroatoms. The highest BCUT2D eigenvalue weighted by molar-refractivity contribution is 5.84. The highest BCUT2D eigenvalue weighted by atomic mass is 16.1. The highest BCUT2D eigenvalue weighted by Crippen LogP contribution is 2.21. The third-order valence-electron chi connectivity index (χ3n) is 2.79. The van der Waals surface area contributed by atoms with E-state index < -0.39 is 0 Å². The largest absolute Gasteiger partial charge is 0.370 e. The molecule has 1 amide bonds. The van der Waals surface area contributed by atoms with Crippen LogP contribution in [0.2, 0.25) is 0 Å². The van der Waals surface area contributed by atoms with E-state index in [-0.39, 0.29) is 5.91 Å². The Hall–Kier alpha value is -1.77. The van der Waals surface area contributed by atoms with Crippen LogP contribution in [0.1, 0.15) is 24.0 Å². The average molecular weight is 216 g/mol. The molecule has 1 aromatic carbocycles. The number of nitrogens with one attached hydrogen (secondary N) is 1. The summed E-state index contributed by atoms with van der Waals surface area (Å²) in [7, 11) is 0. The summed E-state index contributed by atoms with van der Waals surface area (Å²) in [6.45, 7) is 2.08. The number of hydrogen-bond acceptors (Lipinski definition) is 1. The number of rotatable bonds is 4. The van der Waals surface area contributed by atoms with Crippen LogP contribution in [0.5, 0.6) is 0 Å². The van der Waals surface area contributed by atoms with E-state index in [4.69, 9.17) is 5.73 Å². The zero-order valence-electron chi connectivity index (χ0n) is 9.42. The molecule has 2 aromatic rings. The maximum atomic E-state index is 10.7. The first-order valence-electron chi connectivity index (χ1n) is 5.52. The normalized spacial score (nSPS) is 10.8. The second-order valence-electron chi connectivity index (χ2n) is 4.18. The van der Waals surface area contributed by atoms with E-state index >= 15 is 0 Å². The summed E-state index contributed by atoms with van der Waals surface area (Å²) in [5.74, 6) is -0.226. The maximum absolute atomic E-state index is 10.7. The van der Waals surface area contributed by atoms with Crippen molar-refractivity contribution in [3.8, 4) is 0 Å². The quantitative estimate of drug-likeness (QED) is 0.809. The fraction of sp³-hybridized carbons (Fsp3) is 0.308. The molecule has 0 saturated heterocycles. The zero-order chi connectivity index (χ0) is 11.5. The van der Waals surface area contributed by atoms with E-state index in [0.717, 1.165) is 18.4 Å². The van der Waals surface area contributed by atoms with Crippen LogP contribution >= 0.6 is 0 Å². The summed E-state index contributed by atoms with van der Waals surface area (Å²) >= 11 is 0. The first-order valence-corrected chi connectivity index (χ1v) is 5.52. The molecule has 0 spiro atoms. The van der Waals surface area contributed by atoms with Gasteiger partial charge in [-0.2, -0.15) is 0 Å². The number of aromatic amines is 1. The molecule has 0 saturated carbocycles. The molecule has 1 aromatic heterocycles. The molecule has 0 radical (unpaired) electrons. The highest BCUT2D eigenvalue weighted by Gasteiger charge is 2.04. The standard InChI is InChI=1S/C13H16N2O/c1-9-5-6-12-11(7-9)10(8-15-12)3-2-4-13(14)16/h5-8,15H,2-4H2,1H3,(H2,14,16). The Morgan fingerprint density at radius 2 is 2.25 bits per heavy atom. The van der Waals surface area contributed by atoms with Gasteiger partial charge < -0.3 is 10.7 Å². The molecule has 84 valence electrons. The first-order chi connectivity index (χ1) is 7.66. The summed E-state index contributed by atoms with van der Waals surface area (Å²) in [6.07, 6.45) is 4.19. The Labute approximate surface area is 94.6 Å². The molecule has 16 heavy (non-hydrogen) atoms. The monoisotopic (exact) mass is 216 g/mol. The molecule has 0 unspecified atom stereocenters. The van der Waals surface area contributed by atoms with Crippen molar-refractivity contribution >= 4 is 16.8 Å². The number of benzene rings is 1. The lowest BCUT2D eigenvalue weighted by atomic mass is 10.1. The minimum absolute atomic E-state index is 0.226. The van der Waals surface area contributed by atoms with Gasteiger partial charge in [0.2, 0.25) is 5.91 Å². The summed E-state index contributed by atoms with van der Waals surface area (Å²) < 4.78 is 0. The van der Waals surface area contributed by atoms with Crippen molar-refractivity contribution in [3.05, 3.63) is 35.5 Å². The van der Waals surface area contributed by atoms with Crippen molar-refractivity contribution in [2.24, 2.45) is 5.73 Å². The second kappa shape index (κ2) is 4.39. The van der Waals surface area contributed by atoms with Gasteiger partial charge in [-0.15, -0.1) is 0 Å². The fourth-order valence-electron chi connectivity index (χ4n) is 1.95. The Kier molecular flexibility index (Phi) is 2.95. The van der Waals surface area contributed by atoms with Crippen molar-refractivity contribution in [3.63, 3.8) is 0 Å². The third kappa shape index (κ3) is 2.24. The number of amides is 1. The predicted molar refractivity (Wildman–Crippen MR) is 65.2 cm³/mol. The van der Waals surface area contributed by atoms with Crippen LogP contribution in [0.15, 0.2) is 24.4 Å². The van der Waals surface area contributed by atoms with Gasteiger partial charge in [0.15, 0.2) is 0 Å². The van der Waals surface area contributed by atoms with E-state index in [2.05, 4.69) is 30.1 Å². The van der Waals surface area contributed by atoms with Crippen LogP contribution in [0.4, 0.5) is 0 Å². The van der Waals surface area contributed by atoms with Gasteiger partial charge in [0, 0.05) is 23.5 Å². The molecule has 0 aliphatic heterocycles. The van der Waals surface area contributed by atoms with Crippen molar-refractivity contribution < 1.29 is 4.79 Å². The molecule has 2 rings (SSSR count). The zero-order valence-corrected chi connectivity index (χ0v) is 9.42. The van der Waals surface area contributed by atoms with Crippen molar-refractivity contribution in [2.45, 2.75) is 26.2 Å². The summed E-state index contributed by atoms with van der Waals surface area (Å²) in [4.78, 5) is 13.9.